The summed E-state index contributed by atoms with van der Waals surface area (Å²) in [5.74, 6) is 4.45. The van der Waals surface area contributed by atoms with E-state index in [9.17, 15) is 10.2 Å². The third-order valence-electron chi connectivity index (χ3n) is 10.9. The minimum absolute atomic E-state index is 0.143. The molecule has 0 aromatic heterocycles. The van der Waals surface area contributed by atoms with Gasteiger partial charge in [-0.25, -0.2) is 0 Å². The second-order valence-electron chi connectivity index (χ2n) is 11.9. The van der Waals surface area contributed by atoms with Crippen LogP contribution in [0.3, 0.4) is 0 Å². The third kappa shape index (κ3) is 2.95. The standard InChI is InChI=1S/C26H46O2/c1-6-8-16(3)19-9-10-20-23-21(12-14-25(19,20)4)26(5)13-11-17(27)15-22(26)18(7-2)24(23)28/h16-24,27-28H,6-15H2,1-5H3/t16-,17-,18-,19-,20?,21?,22+,23?,24+,25-,26-/m1/s1. The molecule has 4 rings (SSSR count). The average Bonchev–Trinajstić information content (AvgIpc) is 3.01. The Morgan fingerprint density at radius 2 is 1.57 bits per heavy atom. The minimum atomic E-state index is -0.150. The van der Waals surface area contributed by atoms with Gasteiger partial charge in [-0.15, -0.1) is 0 Å². The molecule has 0 saturated heterocycles. The molecule has 11 atom stereocenters. The fraction of sp³-hybridized carbons (Fsp3) is 1.00. The van der Waals surface area contributed by atoms with E-state index in [4.69, 9.17) is 0 Å². The van der Waals surface area contributed by atoms with Crippen molar-refractivity contribution in [1.82, 2.24) is 0 Å². The largest absolute Gasteiger partial charge is 0.393 e. The Balaban J connectivity index is 1.67. The predicted octanol–water partition coefficient (Wildman–Crippen LogP) is 6.05. The maximum Gasteiger partial charge on any atom is 0.0605 e. The van der Waals surface area contributed by atoms with Crippen molar-refractivity contribution >= 4 is 0 Å². The van der Waals surface area contributed by atoms with Crippen molar-refractivity contribution in [1.29, 1.82) is 0 Å². The van der Waals surface area contributed by atoms with Crippen molar-refractivity contribution in [3.8, 4) is 0 Å². The van der Waals surface area contributed by atoms with Crippen molar-refractivity contribution in [3.05, 3.63) is 0 Å². The van der Waals surface area contributed by atoms with Crippen LogP contribution < -0.4 is 0 Å². The second kappa shape index (κ2) is 7.56. The van der Waals surface area contributed by atoms with Gasteiger partial charge >= 0.3 is 0 Å². The van der Waals surface area contributed by atoms with Gasteiger partial charge < -0.3 is 10.2 Å². The molecule has 2 nitrogen and oxygen atoms in total. The molecule has 28 heavy (non-hydrogen) atoms. The van der Waals surface area contributed by atoms with Crippen LogP contribution in [0.2, 0.25) is 0 Å². The molecule has 0 amide bonds. The molecule has 0 aromatic carbocycles. The number of fused-ring (bicyclic) bond motifs is 5. The highest BCUT2D eigenvalue weighted by atomic mass is 16.3. The van der Waals surface area contributed by atoms with E-state index in [1.165, 1.54) is 44.9 Å². The molecule has 162 valence electrons. The maximum atomic E-state index is 11.7. The Morgan fingerprint density at radius 3 is 2.25 bits per heavy atom. The maximum absolute atomic E-state index is 11.7. The van der Waals surface area contributed by atoms with Gasteiger partial charge in [0.05, 0.1) is 12.2 Å². The smallest absolute Gasteiger partial charge is 0.0605 e. The summed E-state index contributed by atoms with van der Waals surface area (Å²) in [6.45, 7) is 12.3. The monoisotopic (exact) mass is 390 g/mol. The average molecular weight is 391 g/mol. The normalized spacial score (nSPS) is 54.5. The Morgan fingerprint density at radius 1 is 0.893 bits per heavy atom. The van der Waals surface area contributed by atoms with Gasteiger partial charge in [-0.3, -0.25) is 0 Å². The van der Waals surface area contributed by atoms with E-state index in [0.29, 0.717) is 40.4 Å². The van der Waals surface area contributed by atoms with Gasteiger partial charge in [0.15, 0.2) is 0 Å². The molecular weight excluding hydrogens is 344 g/mol. The summed E-state index contributed by atoms with van der Waals surface area (Å²) in [5, 5.41) is 22.1. The summed E-state index contributed by atoms with van der Waals surface area (Å²) < 4.78 is 0. The summed E-state index contributed by atoms with van der Waals surface area (Å²) in [7, 11) is 0. The van der Waals surface area contributed by atoms with Crippen LogP contribution in [-0.4, -0.2) is 22.4 Å². The summed E-state index contributed by atoms with van der Waals surface area (Å²) in [5.41, 5.74) is 0.769. The number of hydrogen-bond acceptors (Lipinski definition) is 2. The van der Waals surface area contributed by atoms with Gasteiger partial charge in [-0.2, -0.15) is 0 Å². The molecule has 4 aliphatic carbocycles. The van der Waals surface area contributed by atoms with Crippen molar-refractivity contribution < 1.29 is 10.2 Å². The van der Waals surface area contributed by atoms with Crippen LogP contribution in [0.1, 0.15) is 98.8 Å². The lowest BCUT2D eigenvalue weighted by Crippen LogP contribution is -2.62. The molecule has 4 fully saturated rings. The van der Waals surface area contributed by atoms with Gasteiger partial charge in [0, 0.05) is 0 Å². The molecule has 0 heterocycles. The van der Waals surface area contributed by atoms with Crippen LogP contribution in [0.15, 0.2) is 0 Å². The van der Waals surface area contributed by atoms with Gasteiger partial charge in [0.2, 0.25) is 0 Å². The molecular formula is C26H46O2. The molecule has 0 spiro atoms. The summed E-state index contributed by atoms with van der Waals surface area (Å²) in [6, 6.07) is 0. The highest BCUT2D eigenvalue weighted by Gasteiger charge is 2.64. The Bertz CT molecular complexity index is 561. The van der Waals surface area contributed by atoms with E-state index < -0.39 is 0 Å². The molecule has 2 N–H and O–H groups in total. The highest BCUT2D eigenvalue weighted by Crippen LogP contribution is 2.69. The molecule has 2 heteroatoms. The third-order valence-corrected chi connectivity index (χ3v) is 10.9. The zero-order chi connectivity index (χ0) is 20.3. The predicted molar refractivity (Wildman–Crippen MR) is 116 cm³/mol. The van der Waals surface area contributed by atoms with E-state index in [-0.39, 0.29) is 12.2 Å². The van der Waals surface area contributed by atoms with E-state index in [1.807, 2.05) is 0 Å². The van der Waals surface area contributed by atoms with Crippen molar-refractivity contribution in [2.24, 2.45) is 52.3 Å². The molecule has 3 unspecified atom stereocenters. The van der Waals surface area contributed by atoms with Crippen molar-refractivity contribution in [3.63, 3.8) is 0 Å². The van der Waals surface area contributed by atoms with Crippen LogP contribution in [0.4, 0.5) is 0 Å². The van der Waals surface area contributed by atoms with Gasteiger partial charge in [0.25, 0.3) is 0 Å². The first-order chi connectivity index (χ1) is 13.3. The molecule has 4 aliphatic rings. The Labute approximate surface area is 173 Å². The molecule has 4 saturated carbocycles. The molecule has 0 radical (unpaired) electrons. The van der Waals surface area contributed by atoms with Gasteiger partial charge in [-0.05, 0) is 97.2 Å². The number of aliphatic hydroxyl groups excluding tert-OH is 2. The zero-order valence-corrected chi connectivity index (χ0v) is 19.2. The second-order valence-corrected chi connectivity index (χ2v) is 11.9. The van der Waals surface area contributed by atoms with Crippen LogP contribution >= 0.6 is 0 Å². The van der Waals surface area contributed by atoms with E-state index >= 15 is 0 Å². The fourth-order valence-electron chi connectivity index (χ4n) is 9.59. The first-order valence-electron chi connectivity index (χ1n) is 12.6. The van der Waals surface area contributed by atoms with E-state index in [1.54, 1.807) is 0 Å². The molecule has 0 bridgehead atoms. The lowest BCUT2D eigenvalue weighted by atomic mass is 9.41. The van der Waals surface area contributed by atoms with Crippen LogP contribution in [0.5, 0.6) is 0 Å². The van der Waals surface area contributed by atoms with E-state index in [2.05, 4.69) is 34.6 Å². The van der Waals surface area contributed by atoms with Crippen molar-refractivity contribution in [2.45, 2.75) is 111 Å². The summed E-state index contributed by atoms with van der Waals surface area (Å²) in [6.07, 6.45) is 11.9. The quantitative estimate of drug-likeness (QED) is 0.613. The Kier molecular flexibility index (Phi) is 5.71. The SMILES string of the molecule is CCC[C@@H](C)[C@H]1CCC2C3C(CC[C@@]21C)[C@@]1(C)CC[C@@H](O)C[C@H]1[C@@H](CC)[C@@H]3O. The fourth-order valence-corrected chi connectivity index (χ4v) is 9.59. The number of hydrogen-bond donors (Lipinski definition) is 2. The number of rotatable bonds is 4. The zero-order valence-electron chi connectivity index (χ0n) is 19.2. The van der Waals surface area contributed by atoms with E-state index in [0.717, 1.165) is 31.1 Å². The molecule has 0 aliphatic heterocycles. The minimum Gasteiger partial charge on any atom is -0.393 e. The first kappa shape index (κ1) is 21.2. The first-order valence-corrected chi connectivity index (χ1v) is 12.6. The number of aliphatic hydroxyl groups is 2. The lowest BCUT2D eigenvalue weighted by molar-refractivity contribution is -0.203. The van der Waals surface area contributed by atoms with Gasteiger partial charge in [-0.1, -0.05) is 53.9 Å². The summed E-state index contributed by atoms with van der Waals surface area (Å²) in [4.78, 5) is 0. The Hall–Kier alpha value is -0.0800. The highest BCUT2D eigenvalue weighted by molar-refractivity contribution is 5.13. The van der Waals surface area contributed by atoms with Crippen molar-refractivity contribution in [2.75, 3.05) is 0 Å². The van der Waals surface area contributed by atoms with Gasteiger partial charge in [0.1, 0.15) is 0 Å². The van der Waals surface area contributed by atoms with Crippen LogP contribution in [-0.2, 0) is 0 Å². The topological polar surface area (TPSA) is 40.5 Å². The lowest BCUT2D eigenvalue weighted by Gasteiger charge is -2.64. The van der Waals surface area contributed by atoms with Crippen LogP contribution in [0.25, 0.3) is 0 Å². The molecule has 0 aromatic rings. The van der Waals surface area contributed by atoms with Crippen LogP contribution in [0, 0.1) is 52.3 Å². The summed E-state index contributed by atoms with van der Waals surface area (Å²) >= 11 is 0.